The molecule has 0 unspecified atom stereocenters. The zero-order valence-electron chi connectivity index (χ0n) is 8.77. The Kier molecular flexibility index (Phi) is 4.65. The van der Waals surface area contributed by atoms with Crippen molar-refractivity contribution in [3.05, 3.63) is 22.4 Å². The van der Waals surface area contributed by atoms with Crippen LogP contribution >= 0.6 is 11.3 Å². The van der Waals surface area contributed by atoms with Gasteiger partial charge in [0.1, 0.15) is 0 Å². The van der Waals surface area contributed by atoms with Crippen LogP contribution in [0.25, 0.3) is 0 Å². The summed E-state index contributed by atoms with van der Waals surface area (Å²) in [7, 11) is 0. The topological polar surface area (TPSA) is 78.8 Å². The number of aliphatic carboxylic acids is 1. The van der Waals surface area contributed by atoms with Gasteiger partial charge in [0.25, 0.3) is 0 Å². The highest BCUT2D eigenvalue weighted by Crippen LogP contribution is 2.13. The Labute approximate surface area is 96.8 Å². The summed E-state index contributed by atoms with van der Waals surface area (Å²) in [6.45, 7) is 1.35. The van der Waals surface area contributed by atoms with E-state index in [0.717, 1.165) is 4.88 Å². The summed E-state index contributed by atoms with van der Waals surface area (Å²) < 4.78 is 0. The molecule has 16 heavy (non-hydrogen) atoms. The minimum atomic E-state index is -0.882. The minimum Gasteiger partial charge on any atom is -0.481 e. The number of carboxylic acids is 1. The zero-order valence-corrected chi connectivity index (χ0v) is 9.58. The molecule has 0 bridgehead atoms. The largest absolute Gasteiger partial charge is 0.481 e. The van der Waals surface area contributed by atoms with Crippen LogP contribution in [0.1, 0.15) is 24.6 Å². The average Bonchev–Trinajstić information content (AvgIpc) is 2.70. The Morgan fingerprint density at radius 2 is 2.25 bits per heavy atom. The molecule has 0 fully saturated rings. The van der Waals surface area contributed by atoms with E-state index >= 15 is 0 Å². The van der Waals surface area contributed by atoms with E-state index in [4.69, 9.17) is 5.11 Å². The zero-order chi connectivity index (χ0) is 12.0. The predicted octanol–water partition coefficient (Wildman–Crippen LogP) is 1.45. The van der Waals surface area contributed by atoms with Crippen LogP contribution in [0.5, 0.6) is 0 Å². The lowest BCUT2D eigenvalue weighted by atomic mass is 10.2. The van der Waals surface area contributed by atoms with Gasteiger partial charge in [-0.2, -0.15) is 5.10 Å². The molecule has 1 amide bonds. The van der Waals surface area contributed by atoms with Gasteiger partial charge in [-0.1, -0.05) is 6.07 Å². The maximum atomic E-state index is 10.7. The van der Waals surface area contributed by atoms with Crippen molar-refractivity contribution in [3.8, 4) is 0 Å². The van der Waals surface area contributed by atoms with Gasteiger partial charge >= 0.3 is 5.97 Å². The Hall–Kier alpha value is -1.69. The molecule has 0 atom stereocenters. The summed E-state index contributed by atoms with van der Waals surface area (Å²) in [4.78, 5) is 22.1. The van der Waals surface area contributed by atoms with Crippen molar-refractivity contribution in [2.45, 2.75) is 19.8 Å². The molecule has 1 aromatic rings. The van der Waals surface area contributed by atoms with E-state index in [2.05, 4.69) is 10.5 Å². The molecule has 0 aliphatic rings. The summed E-state index contributed by atoms with van der Waals surface area (Å²) in [6.07, 6.45) is 0.298. The molecule has 0 aromatic carbocycles. The quantitative estimate of drug-likeness (QED) is 0.604. The Morgan fingerprint density at radius 3 is 2.75 bits per heavy atom. The maximum Gasteiger partial charge on any atom is 0.303 e. The summed E-state index contributed by atoms with van der Waals surface area (Å²) in [5.41, 5.74) is 2.91. The molecule has 86 valence electrons. The highest BCUT2D eigenvalue weighted by molar-refractivity contribution is 7.12. The Balaban J connectivity index is 2.73. The first-order chi connectivity index (χ1) is 7.59. The number of nitrogens with zero attached hydrogens (tertiary/aromatic N) is 1. The number of rotatable bonds is 5. The fourth-order valence-electron chi connectivity index (χ4n) is 1.05. The molecule has 0 aliphatic carbocycles. The molecule has 6 heteroatoms. The number of amides is 1. The fraction of sp³-hybridized carbons (Fsp3) is 0.300. The van der Waals surface area contributed by atoms with E-state index in [1.165, 1.54) is 18.3 Å². The molecule has 2 N–H and O–H groups in total. The summed E-state index contributed by atoms with van der Waals surface area (Å²) in [5, 5.41) is 14.4. The number of hydrazone groups is 1. The third kappa shape index (κ3) is 4.22. The summed E-state index contributed by atoms with van der Waals surface area (Å²) in [5.74, 6) is -1.16. The summed E-state index contributed by atoms with van der Waals surface area (Å²) in [6, 6.07) is 3.69. The van der Waals surface area contributed by atoms with Crippen molar-refractivity contribution < 1.29 is 14.7 Å². The van der Waals surface area contributed by atoms with Crippen LogP contribution < -0.4 is 5.43 Å². The third-order valence-electron chi connectivity index (χ3n) is 1.73. The molecular formula is C10H12N2O3S. The standard InChI is InChI=1S/C10H12N2O3S/c1-7(13)11-12-8(4-5-10(14)15)9-3-2-6-16-9/h2-3,6H,4-5H2,1H3,(H,11,13)(H,14,15). The molecule has 1 rings (SSSR count). The smallest absolute Gasteiger partial charge is 0.303 e. The third-order valence-corrected chi connectivity index (χ3v) is 2.65. The normalized spacial score (nSPS) is 11.2. The number of hydrogen-bond acceptors (Lipinski definition) is 4. The number of carbonyl (C=O) groups excluding carboxylic acids is 1. The number of carbonyl (C=O) groups is 2. The molecule has 0 aliphatic heterocycles. The predicted molar refractivity (Wildman–Crippen MR) is 61.5 cm³/mol. The molecule has 0 saturated carbocycles. The van der Waals surface area contributed by atoms with E-state index in [9.17, 15) is 9.59 Å². The highest BCUT2D eigenvalue weighted by atomic mass is 32.1. The van der Waals surface area contributed by atoms with Gasteiger partial charge in [0.05, 0.1) is 17.0 Å². The molecule has 1 heterocycles. The number of nitrogens with one attached hydrogen (secondary N) is 1. The number of thiophene rings is 1. The van der Waals surface area contributed by atoms with Gasteiger partial charge in [0.2, 0.25) is 5.91 Å². The first kappa shape index (κ1) is 12.4. The van der Waals surface area contributed by atoms with Crippen LogP contribution in [-0.2, 0) is 9.59 Å². The lowest BCUT2D eigenvalue weighted by molar-refractivity contribution is -0.136. The van der Waals surface area contributed by atoms with Crippen LogP contribution in [0.3, 0.4) is 0 Å². The van der Waals surface area contributed by atoms with Crippen molar-refractivity contribution in [1.29, 1.82) is 0 Å². The van der Waals surface area contributed by atoms with Gasteiger partial charge in [-0.3, -0.25) is 9.59 Å². The van der Waals surface area contributed by atoms with E-state index in [1.54, 1.807) is 0 Å². The van der Waals surface area contributed by atoms with Crippen LogP contribution in [0.4, 0.5) is 0 Å². The first-order valence-electron chi connectivity index (χ1n) is 4.68. The minimum absolute atomic E-state index is 0.00365. The van der Waals surface area contributed by atoms with Crippen LogP contribution in [0.15, 0.2) is 22.6 Å². The SMILES string of the molecule is CC(=O)NN=C(CCC(=O)O)c1cccs1. The van der Waals surface area contributed by atoms with Gasteiger partial charge in [-0.25, -0.2) is 5.43 Å². The van der Waals surface area contributed by atoms with Gasteiger partial charge in [0, 0.05) is 13.3 Å². The maximum absolute atomic E-state index is 10.7. The van der Waals surface area contributed by atoms with E-state index in [1.807, 2.05) is 17.5 Å². The average molecular weight is 240 g/mol. The molecular weight excluding hydrogens is 228 g/mol. The van der Waals surface area contributed by atoms with Crippen LogP contribution in [0, 0.1) is 0 Å². The molecule has 0 spiro atoms. The van der Waals surface area contributed by atoms with Crippen molar-refractivity contribution in [2.24, 2.45) is 5.10 Å². The monoisotopic (exact) mass is 240 g/mol. The van der Waals surface area contributed by atoms with Gasteiger partial charge < -0.3 is 5.11 Å². The van der Waals surface area contributed by atoms with Crippen molar-refractivity contribution in [2.75, 3.05) is 0 Å². The van der Waals surface area contributed by atoms with Crippen molar-refractivity contribution >= 4 is 28.9 Å². The van der Waals surface area contributed by atoms with Gasteiger partial charge in [-0.15, -0.1) is 11.3 Å². The highest BCUT2D eigenvalue weighted by Gasteiger charge is 2.08. The van der Waals surface area contributed by atoms with Gasteiger partial charge in [-0.05, 0) is 11.4 Å². The van der Waals surface area contributed by atoms with Crippen molar-refractivity contribution in [1.82, 2.24) is 5.43 Å². The lowest BCUT2D eigenvalue weighted by Crippen LogP contribution is -2.16. The van der Waals surface area contributed by atoms with Gasteiger partial charge in [0.15, 0.2) is 0 Å². The Morgan fingerprint density at radius 1 is 1.50 bits per heavy atom. The van der Waals surface area contributed by atoms with Crippen LogP contribution in [-0.4, -0.2) is 22.7 Å². The molecule has 5 nitrogen and oxygen atoms in total. The van der Waals surface area contributed by atoms with Crippen LogP contribution in [0.2, 0.25) is 0 Å². The second-order valence-electron chi connectivity index (χ2n) is 3.10. The second kappa shape index (κ2) is 6.02. The first-order valence-corrected chi connectivity index (χ1v) is 5.56. The lowest BCUT2D eigenvalue weighted by Gasteiger charge is -2.02. The van der Waals surface area contributed by atoms with E-state index in [-0.39, 0.29) is 12.3 Å². The number of carboxylic acid groups (broad SMARTS) is 1. The molecule has 0 saturated heterocycles. The van der Waals surface area contributed by atoms with E-state index in [0.29, 0.717) is 12.1 Å². The molecule has 1 aromatic heterocycles. The van der Waals surface area contributed by atoms with Crippen molar-refractivity contribution in [3.63, 3.8) is 0 Å². The second-order valence-corrected chi connectivity index (χ2v) is 4.05. The summed E-state index contributed by atoms with van der Waals surface area (Å²) >= 11 is 1.46. The fourth-order valence-corrected chi connectivity index (χ4v) is 1.79. The number of hydrogen-bond donors (Lipinski definition) is 2. The molecule has 0 radical (unpaired) electrons. The van der Waals surface area contributed by atoms with E-state index < -0.39 is 5.97 Å². The Bertz CT molecular complexity index is 398.